The zero-order chi connectivity index (χ0) is 13.8. The van der Waals surface area contributed by atoms with E-state index in [1.165, 1.54) is 12.1 Å². The van der Waals surface area contributed by atoms with Crippen molar-refractivity contribution in [1.82, 2.24) is 10.2 Å². The molecule has 0 aliphatic carbocycles. The largest absolute Gasteiger partial charge is 0.503 e. The maximum absolute atomic E-state index is 13.1. The zero-order valence-corrected chi connectivity index (χ0v) is 11.1. The fourth-order valence-corrected chi connectivity index (χ4v) is 2.41. The average molecular weight is 270 g/mol. The SMILES string of the molecule is CN1CCC(CNCc2cc(F)c(O)c(F)c2)CC1. The first kappa shape index (κ1) is 14.2. The highest BCUT2D eigenvalue weighted by molar-refractivity contribution is 5.29. The molecular weight excluding hydrogens is 250 g/mol. The van der Waals surface area contributed by atoms with E-state index in [0.717, 1.165) is 32.5 Å². The van der Waals surface area contributed by atoms with E-state index in [1.807, 2.05) is 0 Å². The van der Waals surface area contributed by atoms with Crippen molar-refractivity contribution < 1.29 is 13.9 Å². The number of halogens is 2. The van der Waals surface area contributed by atoms with E-state index in [-0.39, 0.29) is 0 Å². The van der Waals surface area contributed by atoms with E-state index >= 15 is 0 Å². The summed E-state index contributed by atoms with van der Waals surface area (Å²) < 4.78 is 26.3. The maximum Gasteiger partial charge on any atom is 0.187 e. The van der Waals surface area contributed by atoms with Crippen LogP contribution in [0.1, 0.15) is 18.4 Å². The van der Waals surface area contributed by atoms with E-state index < -0.39 is 17.4 Å². The molecule has 0 bridgehead atoms. The van der Waals surface area contributed by atoms with Crippen molar-refractivity contribution in [2.45, 2.75) is 19.4 Å². The van der Waals surface area contributed by atoms with Crippen molar-refractivity contribution in [1.29, 1.82) is 0 Å². The summed E-state index contributed by atoms with van der Waals surface area (Å²) in [7, 11) is 2.12. The molecule has 1 aromatic carbocycles. The fraction of sp³-hybridized carbons (Fsp3) is 0.571. The van der Waals surface area contributed by atoms with Crippen LogP contribution in [0.25, 0.3) is 0 Å². The minimum atomic E-state index is -0.906. The molecule has 5 heteroatoms. The van der Waals surface area contributed by atoms with Gasteiger partial charge in [-0.25, -0.2) is 8.78 Å². The Morgan fingerprint density at radius 1 is 1.26 bits per heavy atom. The van der Waals surface area contributed by atoms with Gasteiger partial charge < -0.3 is 15.3 Å². The van der Waals surface area contributed by atoms with Crippen LogP contribution in [0.5, 0.6) is 5.75 Å². The van der Waals surface area contributed by atoms with Crippen molar-refractivity contribution >= 4 is 0 Å². The Morgan fingerprint density at radius 3 is 2.42 bits per heavy atom. The molecule has 1 aliphatic rings. The minimum absolute atomic E-state index is 0.417. The molecule has 0 atom stereocenters. The number of piperidine rings is 1. The molecule has 0 radical (unpaired) electrons. The Labute approximate surface area is 112 Å². The molecule has 0 amide bonds. The monoisotopic (exact) mass is 270 g/mol. The minimum Gasteiger partial charge on any atom is -0.503 e. The quantitative estimate of drug-likeness (QED) is 0.879. The summed E-state index contributed by atoms with van der Waals surface area (Å²) in [5, 5.41) is 12.2. The van der Waals surface area contributed by atoms with Gasteiger partial charge in [-0.1, -0.05) is 0 Å². The van der Waals surface area contributed by atoms with E-state index in [2.05, 4.69) is 17.3 Å². The third kappa shape index (κ3) is 3.88. The number of hydrogen-bond acceptors (Lipinski definition) is 3. The molecule has 1 saturated heterocycles. The van der Waals surface area contributed by atoms with Gasteiger partial charge in [-0.2, -0.15) is 0 Å². The van der Waals surface area contributed by atoms with E-state index in [1.54, 1.807) is 0 Å². The molecule has 19 heavy (non-hydrogen) atoms. The Bertz CT molecular complexity index is 408. The van der Waals surface area contributed by atoms with Crippen LogP contribution in [0.2, 0.25) is 0 Å². The summed E-state index contributed by atoms with van der Waals surface area (Å²) in [6.07, 6.45) is 2.31. The normalized spacial score (nSPS) is 17.8. The topological polar surface area (TPSA) is 35.5 Å². The van der Waals surface area contributed by atoms with Gasteiger partial charge in [0.05, 0.1) is 0 Å². The van der Waals surface area contributed by atoms with Gasteiger partial charge in [0, 0.05) is 6.54 Å². The number of rotatable bonds is 4. The van der Waals surface area contributed by atoms with Gasteiger partial charge >= 0.3 is 0 Å². The third-order valence-corrected chi connectivity index (χ3v) is 3.68. The lowest BCUT2D eigenvalue weighted by Crippen LogP contribution is -2.34. The number of nitrogens with zero attached hydrogens (tertiary/aromatic N) is 1. The molecule has 0 saturated carbocycles. The molecule has 0 spiro atoms. The predicted octanol–water partition coefficient (Wildman–Crippen LogP) is 2.10. The van der Waals surface area contributed by atoms with Crippen LogP contribution in [-0.2, 0) is 6.54 Å². The number of likely N-dealkylation sites (tertiary alicyclic amines) is 1. The predicted molar refractivity (Wildman–Crippen MR) is 70.0 cm³/mol. The zero-order valence-electron chi connectivity index (χ0n) is 11.1. The van der Waals surface area contributed by atoms with E-state index in [9.17, 15) is 8.78 Å². The van der Waals surface area contributed by atoms with Gasteiger partial charge in [0.2, 0.25) is 0 Å². The molecule has 3 nitrogen and oxygen atoms in total. The van der Waals surface area contributed by atoms with Gasteiger partial charge in [0.15, 0.2) is 17.4 Å². The lowest BCUT2D eigenvalue weighted by molar-refractivity contribution is 0.216. The van der Waals surface area contributed by atoms with Crippen molar-refractivity contribution in [2.75, 3.05) is 26.7 Å². The summed E-state index contributed by atoms with van der Waals surface area (Å²) in [5.41, 5.74) is 0.515. The number of hydrogen-bond donors (Lipinski definition) is 2. The van der Waals surface area contributed by atoms with Crippen molar-refractivity contribution in [3.05, 3.63) is 29.3 Å². The molecular formula is C14H20F2N2O. The van der Waals surface area contributed by atoms with Crippen LogP contribution in [0.15, 0.2) is 12.1 Å². The van der Waals surface area contributed by atoms with Gasteiger partial charge in [0.25, 0.3) is 0 Å². The molecule has 2 rings (SSSR count). The Hall–Kier alpha value is -1.20. The molecule has 1 aromatic rings. The maximum atomic E-state index is 13.1. The lowest BCUT2D eigenvalue weighted by atomic mass is 9.97. The third-order valence-electron chi connectivity index (χ3n) is 3.68. The first-order chi connectivity index (χ1) is 9.06. The van der Waals surface area contributed by atoms with Crippen LogP contribution < -0.4 is 5.32 Å². The van der Waals surface area contributed by atoms with Gasteiger partial charge in [-0.3, -0.25) is 0 Å². The van der Waals surface area contributed by atoms with E-state index in [0.29, 0.717) is 18.0 Å². The standard InChI is InChI=1S/C14H20F2N2O/c1-18-4-2-10(3-5-18)8-17-9-11-6-12(15)14(19)13(16)7-11/h6-7,10,17,19H,2-5,8-9H2,1H3. The highest BCUT2D eigenvalue weighted by Crippen LogP contribution is 2.21. The number of phenols is 1. The average Bonchev–Trinajstić information content (AvgIpc) is 2.38. The summed E-state index contributed by atoms with van der Waals surface area (Å²) >= 11 is 0. The first-order valence-corrected chi connectivity index (χ1v) is 6.62. The summed E-state index contributed by atoms with van der Waals surface area (Å²) in [4.78, 5) is 2.31. The highest BCUT2D eigenvalue weighted by atomic mass is 19.1. The van der Waals surface area contributed by atoms with Crippen molar-refractivity contribution in [3.63, 3.8) is 0 Å². The molecule has 2 N–H and O–H groups in total. The molecule has 106 valence electrons. The van der Waals surface area contributed by atoms with Gasteiger partial charge in [0.1, 0.15) is 0 Å². The molecule has 1 fully saturated rings. The van der Waals surface area contributed by atoms with Crippen molar-refractivity contribution in [3.8, 4) is 5.75 Å². The second kappa shape index (κ2) is 6.30. The summed E-state index contributed by atoms with van der Waals surface area (Å²) in [6, 6.07) is 2.33. The van der Waals surface area contributed by atoms with Crippen LogP contribution in [0.4, 0.5) is 8.78 Å². The second-order valence-electron chi connectivity index (χ2n) is 5.29. The van der Waals surface area contributed by atoms with Gasteiger partial charge in [-0.15, -0.1) is 0 Å². The number of aromatic hydroxyl groups is 1. The molecule has 1 heterocycles. The molecule has 0 aromatic heterocycles. The summed E-state index contributed by atoms with van der Waals surface area (Å²) in [5.74, 6) is -2.09. The number of benzene rings is 1. The fourth-order valence-electron chi connectivity index (χ4n) is 2.41. The molecule has 1 aliphatic heterocycles. The molecule has 0 unspecified atom stereocenters. The Kier molecular flexibility index (Phi) is 4.71. The number of phenolic OH excluding ortho intramolecular Hbond substituents is 1. The first-order valence-electron chi connectivity index (χ1n) is 6.62. The lowest BCUT2D eigenvalue weighted by Gasteiger charge is -2.29. The van der Waals surface area contributed by atoms with Crippen molar-refractivity contribution in [2.24, 2.45) is 5.92 Å². The summed E-state index contributed by atoms with van der Waals surface area (Å²) in [6.45, 7) is 3.49. The Balaban J connectivity index is 1.79. The van der Waals surface area contributed by atoms with Crippen LogP contribution in [-0.4, -0.2) is 36.7 Å². The second-order valence-corrected chi connectivity index (χ2v) is 5.29. The smallest absolute Gasteiger partial charge is 0.187 e. The Morgan fingerprint density at radius 2 is 1.84 bits per heavy atom. The van der Waals surface area contributed by atoms with Gasteiger partial charge in [-0.05, 0) is 63.1 Å². The van der Waals surface area contributed by atoms with Crippen LogP contribution >= 0.6 is 0 Å². The van der Waals surface area contributed by atoms with Crippen LogP contribution in [0, 0.1) is 17.6 Å². The highest BCUT2D eigenvalue weighted by Gasteiger charge is 2.16. The van der Waals surface area contributed by atoms with E-state index in [4.69, 9.17) is 5.11 Å². The van der Waals surface area contributed by atoms with Crippen LogP contribution in [0.3, 0.4) is 0 Å². The number of nitrogens with one attached hydrogen (secondary N) is 1.